The maximum atomic E-state index is 13.5. The number of amides is 1. The highest BCUT2D eigenvalue weighted by Crippen LogP contribution is 2.41. The van der Waals surface area contributed by atoms with Gasteiger partial charge in [-0.05, 0) is 65.5 Å². The Kier molecular flexibility index (Phi) is 22.9. The fourth-order valence-corrected chi connectivity index (χ4v) is 8.74. The zero-order chi connectivity index (χ0) is 52.2. The minimum Gasteiger partial charge on any atom is -0.460 e. The second kappa shape index (κ2) is 29.0. The van der Waals surface area contributed by atoms with E-state index in [2.05, 4.69) is 19.4 Å². The number of nitrogen functional groups attached to an aromatic ring is 1. The van der Waals surface area contributed by atoms with Crippen LogP contribution in [0.4, 0.5) is 10.5 Å². The number of carbonyl (C=O) groups excluding carboxylic acids is 3. The van der Waals surface area contributed by atoms with Crippen LogP contribution in [0.5, 0.6) is 5.88 Å². The minimum absolute atomic E-state index is 0.0624. The molecule has 2 unspecified atom stereocenters. The molecule has 0 bridgehead atoms. The largest absolute Gasteiger partial charge is 0.460 e. The van der Waals surface area contributed by atoms with E-state index in [9.17, 15) is 24.6 Å². The molecule has 1 heterocycles. The highest BCUT2D eigenvalue weighted by molar-refractivity contribution is 6.99. The molecule has 0 aliphatic rings. The van der Waals surface area contributed by atoms with Crippen molar-refractivity contribution in [3.05, 3.63) is 166 Å². The fraction of sp³-hybridized carbons (Fsp3) is 0.364. The number of hydrogen-bond donors (Lipinski definition) is 5. The number of hydrogen-bond acceptors (Lipinski definition) is 14. The molecule has 0 fully saturated rings. The Morgan fingerprint density at radius 2 is 1.07 bits per heavy atom. The lowest BCUT2D eigenvalue weighted by Crippen LogP contribution is -2.61. The van der Waals surface area contributed by atoms with Crippen molar-refractivity contribution in [2.45, 2.75) is 103 Å². The molecule has 0 saturated heterocycles. The Balaban J connectivity index is 0.000000363. The molecule has 384 valence electrons. The van der Waals surface area contributed by atoms with Gasteiger partial charge < -0.3 is 35.1 Å². The molecule has 0 aliphatic heterocycles. The van der Waals surface area contributed by atoms with Crippen molar-refractivity contribution < 1.29 is 38.8 Å². The van der Waals surface area contributed by atoms with Gasteiger partial charge in [0.2, 0.25) is 0 Å². The number of anilines is 1. The van der Waals surface area contributed by atoms with Crippen molar-refractivity contribution in [3.63, 3.8) is 0 Å². The summed E-state index contributed by atoms with van der Waals surface area (Å²) in [5.41, 5.74) is 10.4. The molecule has 1 amide bonds. The molecule has 0 spiro atoms. The maximum Gasteiger partial charge on any atom is 0.416 e. The molecular weight excluding hydrogens is 976 g/mol. The van der Waals surface area contributed by atoms with Crippen LogP contribution >= 0.6 is 34.9 Å². The summed E-state index contributed by atoms with van der Waals surface area (Å²) in [5.74, 6) is -1.17. The van der Waals surface area contributed by atoms with E-state index in [1.54, 1.807) is 19.2 Å². The molecule has 0 saturated carbocycles. The zero-order valence-corrected chi connectivity index (χ0v) is 43.8. The standard InChI is InChI=1S/C42H52N2O6.C13H14Cl2N4O2S/c1-29(2)37(41(47)49-27-33-21-13-7-14-22-33)43-35(25-31-17-9-5-10-18-31)39(45)40(46)36(26-32-19-11-6-12-20-32)44-38(30(3)4)42(48)50-28-34-23-15-8-16-24-34;1-3-6-19(2)13(20)21-12-11(17-22-18-12)9-7(14)4-5-8(16)10(9)15/h5-24,29-30,35-40,43-46H,25-28H2,1-4H3;4-5H,3,6,16H2,1-2H3/t35-,36-,37?,38?,39+,40+;/m0./s1. The third-order valence-corrected chi connectivity index (χ3v) is 13.0. The van der Waals surface area contributed by atoms with Crippen LogP contribution < -0.4 is 21.1 Å². The number of benzene rings is 5. The van der Waals surface area contributed by atoms with Crippen molar-refractivity contribution in [3.8, 4) is 17.1 Å². The van der Waals surface area contributed by atoms with E-state index in [0.717, 1.165) is 40.4 Å². The average molecular weight is 1040 g/mol. The summed E-state index contributed by atoms with van der Waals surface area (Å²) in [7, 11) is 1.64. The smallest absolute Gasteiger partial charge is 0.416 e. The quantitative estimate of drug-likeness (QED) is 0.0301. The van der Waals surface area contributed by atoms with Crippen LogP contribution in [-0.2, 0) is 45.1 Å². The lowest BCUT2D eigenvalue weighted by molar-refractivity contribution is -0.151. The Labute approximate surface area is 437 Å². The molecule has 72 heavy (non-hydrogen) atoms. The second-order valence-corrected chi connectivity index (χ2v) is 19.4. The van der Waals surface area contributed by atoms with Gasteiger partial charge >= 0.3 is 18.0 Å². The number of esters is 2. The molecule has 6 atom stereocenters. The molecule has 17 heteroatoms. The first kappa shape index (κ1) is 57.0. The summed E-state index contributed by atoms with van der Waals surface area (Å²) >= 11 is 13.2. The van der Waals surface area contributed by atoms with E-state index in [1.807, 2.05) is 156 Å². The summed E-state index contributed by atoms with van der Waals surface area (Å²) < 4.78 is 24.8. The number of nitrogens with one attached hydrogen (secondary N) is 2. The minimum atomic E-state index is -1.34. The molecular formula is C55H66Cl2N6O8S. The van der Waals surface area contributed by atoms with Gasteiger partial charge in [0.25, 0.3) is 5.88 Å². The van der Waals surface area contributed by atoms with Gasteiger partial charge in [0.1, 0.15) is 25.3 Å². The Bertz CT molecular complexity index is 2460. The summed E-state index contributed by atoms with van der Waals surface area (Å²) in [6.45, 7) is 10.4. The summed E-state index contributed by atoms with van der Waals surface area (Å²) in [6, 6.07) is 38.4. The third-order valence-electron chi connectivity index (χ3n) is 11.7. The van der Waals surface area contributed by atoms with E-state index in [0.29, 0.717) is 41.4 Å². The molecule has 0 aliphatic carbocycles. The number of halogens is 2. The van der Waals surface area contributed by atoms with Gasteiger partial charge in [-0.2, -0.15) is 4.37 Å². The van der Waals surface area contributed by atoms with Gasteiger partial charge in [-0.25, -0.2) is 4.79 Å². The van der Waals surface area contributed by atoms with Gasteiger partial charge in [0, 0.05) is 31.2 Å². The molecule has 6 N–H and O–H groups in total. The number of rotatable bonds is 23. The van der Waals surface area contributed by atoms with Crippen LogP contribution in [0.2, 0.25) is 10.0 Å². The predicted molar refractivity (Wildman–Crippen MR) is 285 cm³/mol. The highest BCUT2D eigenvalue weighted by Gasteiger charge is 2.38. The van der Waals surface area contributed by atoms with Gasteiger partial charge in [-0.1, -0.05) is 179 Å². The van der Waals surface area contributed by atoms with E-state index >= 15 is 0 Å². The summed E-state index contributed by atoms with van der Waals surface area (Å²) in [5, 5.41) is 31.4. The normalized spacial score (nSPS) is 13.7. The molecule has 1 aromatic heterocycles. The number of nitrogens with zero attached hydrogens (tertiary/aromatic N) is 3. The van der Waals surface area contributed by atoms with Gasteiger partial charge in [-0.3, -0.25) is 20.2 Å². The third kappa shape index (κ3) is 17.1. The summed E-state index contributed by atoms with van der Waals surface area (Å²) in [6.07, 6.45) is -1.72. The predicted octanol–water partition coefficient (Wildman–Crippen LogP) is 9.58. The van der Waals surface area contributed by atoms with E-state index < -0.39 is 54.4 Å². The van der Waals surface area contributed by atoms with Crippen LogP contribution in [0, 0.1) is 11.8 Å². The SMILES string of the molecule is CC(C)C(N[C@@H](Cc1ccccc1)[C@@H](O)[C@H](O)[C@H](Cc1ccccc1)NC(C(=O)OCc1ccccc1)C(C)C)C(=O)OCc1ccccc1.CCCN(C)C(=O)Oc1nsnc1-c1c(Cl)ccc(N)c1Cl. The number of aliphatic hydroxyl groups is 2. The number of carbonyl (C=O) groups is 3. The molecule has 6 aromatic rings. The van der Waals surface area contributed by atoms with Crippen molar-refractivity contribution in [2.24, 2.45) is 11.8 Å². The number of nitrogens with two attached hydrogens (primary N) is 1. The van der Waals surface area contributed by atoms with Crippen LogP contribution in [0.15, 0.2) is 133 Å². The van der Waals surface area contributed by atoms with Crippen LogP contribution in [0.3, 0.4) is 0 Å². The van der Waals surface area contributed by atoms with Crippen molar-refractivity contribution >= 4 is 58.6 Å². The Morgan fingerprint density at radius 3 is 1.47 bits per heavy atom. The highest BCUT2D eigenvalue weighted by atomic mass is 35.5. The molecule has 14 nitrogen and oxygen atoms in total. The fourth-order valence-electron chi connectivity index (χ4n) is 7.71. The topological polar surface area (TPSA) is 198 Å². The first-order chi connectivity index (χ1) is 34.6. The lowest BCUT2D eigenvalue weighted by atomic mass is 9.89. The molecule has 5 aromatic carbocycles. The number of aliphatic hydroxyl groups excluding tert-OH is 2. The average Bonchev–Trinajstić information content (AvgIpc) is 3.84. The van der Waals surface area contributed by atoms with E-state index in [1.165, 1.54) is 4.90 Å². The zero-order valence-electron chi connectivity index (χ0n) is 41.5. The Morgan fingerprint density at radius 1 is 0.653 bits per heavy atom. The first-order valence-corrected chi connectivity index (χ1v) is 25.4. The number of aromatic nitrogens is 2. The number of ether oxygens (including phenoxy) is 3. The van der Waals surface area contributed by atoms with Crippen LogP contribution in [0.25, 0.3) is 11.3 Å². The van der Waals surface area contributed by atoms with Gasteiger partial charge in [0.15, 0.2) is 5.69 Å². The molecule has 0 radical (unpaired) electrons. The van der Waals surface area contributed by atoms with E-state index in [-0.39, 0.29) is 36.0 Å². The van der Waals surface area contributed by atoms with E-state index in [4.69, 9.17) is 43.1 Å². The van der Waals surface area contributed by atoms with Gasteiger partial charge in [0.05, 0.1) is 39.7 Å². The van der Waals surface area contributed by atoms with Crippen molar-refractivity contribution in [1.29, 1.82) is 0 Å². The second-order valence-electron chi connectivity index (χ2n) is 18.1. The van der Waals surface area contributed by atoms with Crippen LogP contribution in [0.1, 0.15) is 63.3 Å². The van der Waals surface area contributed by atoms with Gasteiger partial charge in [-0.15, -0.1) is 4.37 Å². The molecule has 6 rings (SSSR count). The van der Waals surface area contributed by atoms with Crippen LogP contribution in [-0.4, -0.2) is 91.9 Å². The van der Waals surface area contributed by atoms with Crippen molar-refractivity contribution in [2.75, 3.05) is 19.3 Å². The monoisotopic (exact) mass is 1040 g/mol. The first-order valence-electron chi connectivity index (χ1n) is 23.9. The van der Waals surface area contributed by atoms with Crippen molar-refractivity contribution in [1.82, 2.24) is 24.3 Å². The maximum absolute atomic E-state index is 13.5. The Hall–Kier alpha value is -5.91. The summed E-state index contributed by atoms with van der Waals surface area (Å²) in [4.78, 5) is 40.4. The lowest BCUT2D eigenvalue weighted by Gasteiger charge is -2.37.